The molecule has 0 bridgehead atoms. The largest absolute Gasteiger partial charge is 0.383 e. The molecule has 1 aliphatic rings. The minimum Gasteiger partial charge on any atom is -0.383 e. The summed E-state index contributed by atoms with van der Waals surface area (Å²) in [5, 5.41) is 11.8. The van der Waals surface area contributed by atoms with E-state index in [0.29, 0.717) is 12.6 Å². The number of aromatic nitrogens is 5. The molecule has 1 N–H and O–H groups in total. The summed E-state index contributed by atoms with van der Waals surface area (Å²) >= 11 is 0. The number of hydrogen-bond acceptors (Lipinski definition) is 6. The van der Waals surface area contributed by atoms with Crippen LogP contribution in [0.4, 0.5) is 5.95 Å². The number of allylic oxidation sites excluding steroid dienone is 1. The van der Waals surface area contributed by atoms with Crippen LogP contribution < -0.4 is 5.32 Å². The molecule has 2 heterocycles. The molecule has 0 radical (unpaired) electrons. The molecule has 1 aliphatic carbocycles. The van der Waals surface area contributed by atoms with Gasteiger partial charge in [-0.25, -0.2) is 14.6 Å². The van der Waals surface area contributed by atoms with Gasteiger partial charge in [0.15, 0.2) is 0 Å². The Hall–Kier alpha value is -2.80. The number of fused-ring (bicyclic) bond motifs is 2. The van der Waals surface area contributed by atoms with Gasteiger partial charge in [-0.2, -0.15) is 0 Å². The van der Waals surface area contributed by atoms with Gasteiger partial charge in [-0.3, -0.25) is 0 Å². The molecule has 3 aromatic rings. The quantitative estimate of drug-likeness (QED) is 0.708. The standard InChI is InChI=1S/C21H26N6O/c1-4-27-20-11-15(9-10-19(20)25-26-27)16-7-5-6-8-18-17(16)12-22-21(24-18)23-14(2)13-28-3/h7,9-12,14H,4-6,8,13H2,1-3H3,(H,22,23,24)/t14-/m0/s1. The lowest BCUT2D eigenvalue weighted by molar-refractivity contribution is 0.190. The van der Waals surface area contributed by atoms with Crippen LogP contribution in [0.2, 0.25) is 0 Å². The molecule has 0 saturated carbocycles. The molecule has 146 valence electrons. The lowest BCUT2D eigenvalue weighted by atomic mass is 9.97. The third kappa shape index (κ3) is 3.62. The van der Waals surface area contributed by atoms with Crippen molar-refractivity contribution in [2.24, 2.45) is 0 Å². The van der Waals surface area contributed by atoms with E-state index < -0.39 is 0 Å². The van der Waals surface area contributed by atoms with Crippen molar-refractivity contribution >= 4 is 22.6 Å². The van der Waals surface area contributed by atoms with E-state index in [1.807, 2.05) is 16.9 Å². The number of hydrogen-bond donors (Lipinski definition) is 1. The monoisotopic (exact) mass is 378 g/mol. The van der Waals surface area contributed by atoms with E-state index in [9.17, 15) is 0 Å². The molecule has 0 saturated heterocycles. The summed E-state index contributed by atoms with van der Waals surface area (Å²) in [4.78, 5) is 9.38. The Morgan fingerprint density at radius 2 is 2.21 bits per heavy atom. The van der Waals surface area contributed by atoms with Gasteiger partial charge in [-0.15, -0.1) is 5.10 Å². The maximum absolute atomic E-state index is 5.19. The van der Waals surface area contributed by atoms with E-state index >= 15 is 0 Å². The van der Waals surface area contributed by atoms with Crippen molar-refractivity contribution < 1.29 is 4.74 Å². The van der Waals surface area contributed by atoms with Gasteiger partial charge in [-0.05, 0) is 56.4 Å². The van der Waals surface area contributed by atoms with Gasteiger partial charge >= 0.3 is 0 Å². The Kier molecular flexibility index (Phi) is 5.34. The molecule has 1 atom stereocenters. The van der Waals surface area contributed by atoms with Crippen LogP contribution in [-0.2, 0) is 17.7 Å². The lowest BCUT2D eigenvalue weighted by Gasteiger charge is -2.15. The maximum atomic E-state index is 5.19. The Balaban J connectivity index is 1.71. The van der Waals surface area contributed by atoms with Gasteiger partial charge in [0.1, 0.15) is 5.52 Å². The van der Waals surface area contributed by atoms with Gasteiger partial charge in [0, 0.05) is 31.5 Å². The highest BCUT2D eigenvalue weighted by atomic mass is 16.5. The number of ether oxygens (including phenoxy) is 1. The molecule has 0 fully saturated rings. The lowest BCUT2D eigenvalue weighted by Crippen LogP contribution is -2.22. The number of benzene rings is 1. The van der Waals surface area contributed by atoms with Crippen LogP contribution in [0, 0.1) is 0 Å². The smallest absolute Gasteiger partial charge is 0.223 e. The predicted molar refractivity (Wildman–Crippen MR) is 110 cm³/mol. The van der Waals surface area contributed by atoms with E-state index in [1.54, 1.807) is 7.11 Å². The predicted octanol–water partition coefficient (Wildman–Crippen LogP) is 3.46. The number of methoxy groups -OCH3 is 1. The number of aryl methyl sites for hydroxylation is 2. The second-order valence-corrected chi connectivity index (χ2v) is 7.17. The Morgan fingerprint density at radius 3 is 3.04 bits per heavy atom. The highest BCUT2D eigenvalue weighted by Crippen LogP contribution is 2.31. The summed E-state index contributed by atoms with van der Waals surface area (Å²) in [7, 11) is 1.70. The van der Waals surface area contributed by atoms with Gasteiger partial charge in [0.2, 0.25) is 5.95 Å². The summed E-state index contributed by atoms with van der Waals surface area (Å²) in [5.74, 6) is 0.660. The molecule has 0 aliphatic heterocycles. The SMILES string of the molecule is CCn1nnc2ccc(C3=CCCCc4nc(N[C@@H](C)COC)ncc43)cc21. The van der Waals surface area contributed by atoms with Gasteiger partial charge in [-0.1, -0.05) is 17.4 Å². The summed E-state index contributed by atoms with van der Waals surface area (Å²) in [5.41, 5.74) is 6.52. The number of nitrogens with zero attached hydrogens (tertiary/aromatic N) is 5. The Labute approximate surface area is 164 Å². The van der Waals surface area contributed by atoms with Crippen LogP contribution in [0.3, 0.4) is 0 Å². The molecule has 4 rings (SSSR count). The maximum Gasteiger partial charge on any atom is 0.223 e. The van der Waals surface area contributed by atoms with Crippen molar-refractivity contribution in [3.05, 3.63) is 47.3 Å². The summed E-state index contributed by atoms with van der Waals surface area (Å²) in [6, 6.07) is 6.49. The van der Waals surface area contributed by atoms with E-state index in [-0.39, 0.29) is 6.04 Å². The minimum absolute atomic E-state index is 0.160. The second kappa shape index (κ2) is 8.06. The van der Waals surface area contributed by atoms with E-state index in [0.717, 1.165) is 53.7 Å². The van der Waals surface area contributed by atoms with Crippen molar-refractivity contribution in [3.63, 3.8) is 0 Å². The minimum atomic E-state index is 0.160. The highest BCUT2D eigenvalue weighted by molar-refractivity contribution is 5.86. The first-order valence-corrected chi connectivity index (χ1v) is 9.85. The average molecular weight is 378 g/mol. The second-order valence-electron chi connectivity index (χ2n) is 7.17. The fourth-order valence-electron chi connectivity index (χ4n) is 3.68. The van der Waals surface area contributed by atoms with E-state index in [1.165, 1.54) is 5.57 Å². The topological polar surface area (TPSA) is 77.8 Å². The summed E-state index contributed by atoms with van der Waals surface area (Å²) < 4.78 is 7.12. The zero-order chi connectivity index (χ0) is 19.5. The van der Waals surface area contributed by atoms with Gasteiger partial charge in [0.25, 0.3) is 0 Å². The van der Waals surface area contributed by atoms with Crippen molar-refractivity contribution in [1.82, 2.24) is 25.0 Å². The van der Waals surface area contributed by atoms with Crippen molar-refractivity contribution in [2.45, 2.75) is 45.7 Å². The van der Waals surface area contributed by atoms with Gasteiger partial charge in [0.05, 0.1) is 17.8 Å². The first-order valence-electron chi connectivity index (χ1n) is 9.85. The first kappa shape index (κ1) is 18.6. The summed E-state index contributed by atoms with van der Waals surface area (Å²) in [6.45, 7) is 5.55. The molecule has 28 heavy (non-hydrogen) atoms. The van der Waals surface area contributed by atoms with Crippen LogP contribution in [0.1, 0.15) is 43.5 Å². The molecule has 2 aromatic heterocycles. The fraction of sp³-hybridized carbons (Fsp3) is 0.429. The third-order valence-electron chi connectivity index (χ3n) is 5.04. The molecular weight excluding hydrogens is 352 g/mol. The van der Waals surface area contributed by atoms with Crippen LogP contribution in [0.25, 0.3) is 16.6 Å². The van der Waals surface area contributed by atoms with Gasteiger partial charge < -0.3 is 10.1 Å². The van der Waals surface area contributed by atoms with E-state index in [4.69, 9.17) is 9.72 Å². The molecular formula is C21H26N6O. The van der Waals surface area contributed by atoms with Crippen molar-refractivity contribution in [2.75, 3.05) is 19.0 Å². The zero-order valence-corrected chi connectivity index (χ0v) is 16.6. The van der Waals surface area contributed by atoms with Crippen LogP contribution in [0.15, 0.2) is 30.5 Å². The molecule has 0 unspecified atom stereocenters. The van der Waals surface area contributed by atoms with Crippen LogP contribution in [0.5, 0.6) is 0 Å². The molecule has 0 spiro atoms. The Morgan fingerprint density at radius 1 is 1.32 bits per heavy atom. The number of nitrogens with one attached hydrogen (secondary N) is 1. The molecule has 0 amide bonds. The molecule has 7 heteroatoms. The third-order valence-corrected chi connectivity index (χ3v) is 5.04. The molecule has 1 aromatic carbocycles. The van der Waals surface area contributed by atoms with Crippen molar-refractivity contribution in [3.8, 4) is 0 Å². The van der Waals surface area contributed by atoms with Crippen molar-refractivity contribution in [1.29, 1.82) is 0 Å². The van der Waals surface area contributed by atoms with Crippen LogP contribution in [-0.4, -0.2) is 44.7 Å². The van der Waals surface area contributed by atoms with E-state index in [2.05, 4.69) is 52.7 Å². The summed E-state index contributed by atoms with van der Waals surface area (Å²) in [6.07, 6.45) is 7.30. The normalized spacial score (nSPS) is 15.0. The molecule has 7 nitrogen and oxygen atoms in total. The van der Waals surface area contributed by atoms with Crippen LogP contribution >= 0.6 is 0 Å². The zero-order valence-electron chi connectivity index (χ0n) is 16.6. The first-order chi connectivity index (χ1) is 13.7. The number of rotatable bonds is 6. The Bertz CT molecular complexity index is 1010. The average Bonchev–Trinajstić information content (AvgIpc) is 2.99. The fourth-order valence-corrected chi connectivity index (χ4v) is 3.68. The number of anilines is 1. The highest BCUT2D eigenvalue weighted by Gasteiger charge is 2.17.